The molecule has 0 spiro atoms. The smallest absolute Gasteiger partial charge is 0.226 e. The lowest BCUT2D eigenvalue weighted by atomic mass is 9.95. The Bertz CT molecular complexity index is 733. The van der Waals surface area contributed by atoms with Gasteiger partial charge in [0.05, 0.1) is 5.54 Å². The van der Waals surface area contributed by atoms with E-state index in [9.17, 15) is 9.18 Å². The molecule has 1 aliphatic rings. The zero-order valence-corrected chi connectivity index (χ0v) is 15.5. The van der Waals surface area contributed by atoms with E-state index in [0.29, 0.717) is 49.0 Å². The van der Waals surface area contributed by atoms with Crippen molar-refractivity contribution in [3.8, 4) is 11.4 Å². The number of aryl methyl sites for hydroxylation is 1. The van der Waals surface area contributed by atoms with Crippen molar-refractivity contribution in [2.24, 2.45) is 11.7 Å². The van der Waals surface area contributed by atoms with Gasteiger partial charge in [-0.05, 0) is 56.4 Å². The van der Waals surface area contributed by atoms with Gasteiger partial charge in [0.2, 0.25) is 17.6 Å². The van der Waals surface area contributed by atoms with Gasteiger partial charge in [-0.1, -0.05) is 5.16 Å². The number of hydrogen-bond acceptors (Lipinski definition) is 5. The number of nitrogens with zero attached hydrogens (tertiary/aromatic N) is 2. The van der Waals surface area contributed by atoms with E-state index in [1.165, 1.54) is 12.1 Å². The molecule has 2 aromatic rings. The van der Waals surface area contributed by atoms with E-state index in [-0.39, 0.29) is 29.7 Å². The largest absolute Gasteiger partial charge is 0.349 e. The van der Waals surface area contributed by atoms with Crippen LogP contribution >= 0.6 is 12.4 Å². The van der Waals surface area contributed by atoms with Crippen LogP contribution in [0.4, 0.5) is 4.39 Å². The lowest BCUT2D eigenvalue weighted by Crippen LogP contribution is -2.53. The summed E-state index contributed by atoms with van der Waals surface area (Å²) in [4.78, 5) is 16.4. The Hall–Kier alpha value is -1.99. The van der Waals surface area contributed by atoms with Crippen LogP contribution in [0.5, 0.6) is 0 Å². The topological polar surface area (TPSA) is 94.0 Å². The van der Waals surface area contributed by atoms with E-state index in [1.807, 2.05) is 6.92 Å². The highest BCUT2D eigenvalue weighted by Gasteiger charge is 2.41. The first kappa shape index (κ1) is 20.3. The second-order valence-electron chi connectivity index (χ2n) is 6.82. The number of amides is 1. The predicted octanol–water partition coefficient (Wildman–Crippen LogP) is 2.86. The molecule has 1 unspecified atom stereocenters. The lowest BCUT2D eigenvalue weighted by molar-refractivity contribution is -0.123. The van der Waals surface area contributed by atoms with Crippen molar-refractivity contribution in [1.29, 1.82) is 0 Å². The Morgan fingerprint density at radius 3 is 2.69 bits per heavy atom. The fraction of sp³-hybridized carbons (Fsp3) is 0.500. The quantitative estimate of drug-likeness (QED) is 0.732. The average molecular weight is 383 g/mol. The molecule has 0 saturated heterocycles. The van der Waals surface area contributed by atoms with Gasteiger partial charge in [0.15, 0.2) is 0 Å². The molecule has 1 aromatic carbocycles. The van der Waals surface area contributed by atoms with E-state index >= 15 is 0 Å². The maximum atomic E-state index is 12.9. The van der Waals surface area contributed by atoms with Crippen molar-refractivity contribution in [3.63, 3.8) is 0 Å². The number of aromatic nitrogens is 2. The molecule has 3 N–H and O–H groups in total. The number of nitrogens with two attached hydrogens (primary N) is 1. The van der Waals surface area contributed by atoms with Crippen LogP contribution in [0, 0.1) is 11.7 Å². The van der Waals surface area contributed by atoms with Gasteiger partial charge < -0.3 is 15.6 Å². The van der Waals surface area contributed by atoms with E-state index in [2.05, 4.69) is 15.5 Å². The van der Waals surface area contributed by atoms with Gasteiger partial charge in [-0.15, -0.1) is 12.4 Å². The van der Waals surface area contributed by atoms with Gasteiger partial charge in [0.1, 0.15) is 5.82 Å². The summed E-state index contributed by atoms with van der Waals surface area (Å²) in [5.41, 5.74) is 6.21. The maximum absolute atomic E-state index is 12.9. The number of carbonyl (C=O) groups excluding carboxylic acids is 1. The normalized spacial score (nSPS) is 15.8. The van der Waals surface area contributed by atoms with Crippen molar-refractivity contribution in [2.75, 3.05) is 6.54 Å². The Morgan fingerprint density at radius 1 is 1.38 bits per heavy atom. The highest BCUT2D eigenvalue weighted by atomic mass is 35.5. The molecule has 6 nitrogen and oxygen atoms in total. The third-order valence-electron chi connectivity index (χ3n) is 4.69. The first-order chi connectivity index (χ1) is 12.0. The minimum Gasteiger partial charge on any atom is -0.349 e. The molecular formula is C18H24ClFN4O2. The minimum absolute atomic E-state index is 0. The minimum atomic E-state index is -0.311. The van der Waals surface area contributed by atoms with Crippen LogP contribution in [0.1, 0.15) is 38.5 Å². The second-order valence-corrected chi connectivity index (χ2v) is 6.82. The Labute approximate surface area is 158 Å². The highest BCUT2D eigenvalue weighted by Crippen LogP contribution is 2.39. The zero-order chi connectivity index (χ0) is 17.9. The second kappa shape index (κ2) is 8.60. The lowest BCUT2D eigenvalue weighted by Gasteiger charge is -2.29. The van der Waals surface area contributed by atoms with E-state index in [0.717, 1.165) is 12.8 Å². The summed E-state index contributed by atoms with van der Waals surface area (Å²) < 4.78 is 18.1. The van der Waals surface area contributed by atoms with Crippen LogP contribution in [0.2, 0.25) is 0 Å². The van der Waals surface area contributed by atoms with Gasteiger partial charge in [-0.3, -0.25) is 4.79 Å². The summed E-state index contributed by atoms with van der Waals surface area (Å²) in [6.45, 7) is 2.46. The molecule has 0 bridgehead atoms. The first-order valence-corrected chi connectivity index (χ1v) is 8.60. The summed E-state index contributed by atoms with van der Waals surface area (Å²) in [7, 11) is 0. The van der Waals surface area contributed by atoms with E-state index in [4.69, 9.17) is 10.3 Å². The molecule has 3 rings (SSSR count). The van der Waals surface area contributed by atoms with Gasteiger partial charge in [-0.2, -0.15) is 4.98 Å². The van der Waals surface area contributed by atoms with Gasteiger partial charge in [0, 0.05) is 24.9 Å². The standard InChI is InChI=1S/C18H23FN4O2.ClH/c1-18(11-20,13-7-8-13)22-15(24)3-2-4-16-21-17(23-25-16)12-5-9-14(19)10-6-12;/h5-6,9-10,13H,2-4,7-8,11,20H2,1H3,(H,22,24);1H. The van der Waals surface area contributed by atoms with Crippen molar-refractivity contribution in [2.45, 2.75) is 44.6 Å². The molecule has 1 saturated carbocycles. The zero-order valence-electron chi connectivity index (χ0n) is 14.7. The average Bonchev–Trinajstić information content (AvgIpc) is 3.36. The Morgan fingerprint density at radius 2 is 2.08 bits per heavy atom. The monoisotopic (exact) mass is 382 g/mol. The molecule has 1 aliphatic carbocycles. The third-order valence-corrected chi connectivity index (χ3v) is 4.69. The number of rotatable bonds is 8. The van der Waals surface area contributed by atoms with Gasteiger partial charge in [-0.25, -0.2) is 4.39 Å². The van der Waals surface area contributed by atoms with Crippen molar-refractivity contribution >= 4 is 18.3 Å². The molecule has 1 amide bonds. The van der Waals surface area contributed by atoms with Crippen molar-refractivity contribution in [1.82, 2.24) is 15.5 Å². The van der Waals surface area contributed by atoms with Crippen LogP contribution in [0.3, 0.4) is 0 Å². The van der Waals surface area contributed by atoms with Gasteiger partial charge in [0.25, 0.3) is 0 Å². The summed E-state index contributed by atoms with van der Waals surface area (Å²) in [5, 5.41) is 6.95. The van der Waals surface area contributed by atoms with Crippen LogP contribution in [-0.4, -0.2) is 28.1 Å². The summed E-state index contributed by atoms with van der Waals surface area (Å²) in [6, 6.07) is 5.90. The first-order valence-electron chi connectivity index (χ1n) is 8.60. The molecule has 0 radical (unpaired) electrons. The SMILES string of the molecule is CC(CN)(NC(=O)CCCc1nc(-c2ccc(F)cc2)no1)C1CC1.Cl. The summed E-state index contributed by atoms with van der Waals surface area (Å²) >= 11 is 0. The summed E-state index contributed by atoms with van der Waals surface area (Å²) in [5.74, 6) is 1.07. The maximum Gasteiger partial charge on any atom is 0.226 e. The number of halogens is 2. The molecule has 1 atom stereocenters. The Kier molecular flexibility index (Phi) is 6.72. The molecule has 0 aliphatic heterocycles. The van der Waals surface area contributed by atoms with Crippen LogP contribution < -0.4 is 11.1 Å². The molecule has 142 valence electrons. The van der Waals surface area contributed by atoms with E-state index < -0.39 is 0 Å². The Balaban J connectivity index is 0.00000243. The fourth-order valence-electron chi connectivity index (χ4n) is 2.89. The molecule has 8 heteroatoms. The van der Waals surface area contributed by atoms with Crippen molar-refractivity contribution < 1.29 is 13.7 Å². The molecule has 1 aromatic heterocycles. The summed E-state index contributed by atoms with van der Waals surface area (Å²) in [6.07, 6.45) is 3.77. The molecule has 26 heavy (non-hydrogen) atoms. The number of benzene rings is 1. The van der Waals surface area contributed by atoms with Crippen LogP contribution in [-0.2, 0) is 11.2 Å². The number of carbonyl (C=O) groups is 1. The van der Waals surface area contributed by atoms with Crippen LogP contribution in [0.25, 0.3) is 11.4 Å². The van der Waals surface area contributed by atoms with Gasteiger partial charge >= 0.3 is 0 Å². The molecule has 1 heterocycles. The predicted molar refractivity (Wildman–Crippen MR) is 98.2 cm³/mol. The third kappa shape index (κ3) is 5.02. The highest BCUT2D eigenvalue weighted by molar-refractivity contribution is 5.85. The molecular weight excluding hydrogens is 359 g/mol. The number of hydrogen-bond donors (Lipinski definition) is 2. The molecule has 1 fully saturated rings. The fourth-order valence-corrected chi connectivity index (χ4v) is 2.89. The van der Waals surface area contributed by atoms with Crippen molar-refractivity contribution in [3.05, 3.63) is 36.0 Å². The van der Waals surface area contributed by atoms with Crippen LogP contribution in [0.15, 0.2) is 28.8 Å². The number of nitrogens with one attached hydrogen (secondary N) is 1. The van der Waals surface area contributed by atoms with E-state index in [1.54, 1.807) is 12.1 Å².